The maximum atomic E-state index is 15.1. The van der Waals surface area contributed by atoms with Gasteiger partial charge in [0.05, 0.1) is 11.7 Å². The summed E-state index contributed by atoms with van der Waals surface area (Å²) in [5, 5.41) is 10.7. The van der Waals surface area contributed by atoms with Gasteiger partial charge in [-0.15, -0.1) is 0 Å². The lowest BCUT2D eigenvalue weighted by Crippen LogP contribution is -2.47. The fourth-order valence-corrected chi connectivity index (χ4v) is 4.66. The van der Waals surface area contributed by atoms with Crippen LogP contribution in [-0.4, -0.2) is 51.4 Å². The summed E-state index contributed by atoms with van der Waals surface area (Å²) < 4.78 is 24.2. The Labute approximate surface area is 172 Å². The monoisotopic (exact) mass is 418 g/mol. The van der Waals surface area contributed by atoms with Crippen molar-refractivity contribution in [2.24, 2.45) is 0 Å². The van der Waals surface area contributed by atoms with E-state index in [0.29, 0.717) is 25.2 Å². The molecule has 6 nitrogen and oxygen atoms in total. The van der Waals surface area contributed by atoms with E-state index >= 15 is 4.39 Å². The van der Waals surface area contributed by atoms with Crippen molar-refractivity contribution in [2.75, 3.05) is 19.6 Å². The first-order chi connectivity index (χ1) is 13.9. The number of alkyl halides is 1. The van der Waals surface area contributed by atoms with Crippen LogP contribution in [0, 0.1) is 6.92 Å². The smallest absolute Gasteiger partial charge is 0.338 e. The highest BCUT2D eigenvalue weighted by molar-refractivity contribution is 7.05. The van der Waals surface area contributed by atoms with E-state index in [4.69, 9.17) is 4.74 Å². The molecule has 2 aliphatic heterocycles. The minimum atomic E-state index is -1.81. The molecular weight excluding hydrogens is 395 g/mol. The number of aromatic nitrogens is 1. The van der Waals surface area contributed by atoms with E-state index in [1.807, 2.05) is 11.8 Å². The van der Waals surface area contributed by atoms with Crippen LogP contribution in [0.2, 0.25) is 0 Å². The predicted molar refractivity (Wildman–Crippen MR) is 106 cm³/mol. The molecule has 2 aliphatic rings. The van der Waals surface area contributed by atoms with Gasteiger partial charge in [0.2, 0.25) is 0 Å². The van der Waals surface area contributed by atoms with Gasteiger partial charge in [-0.05, 0) is 41.7 Å². The molecular formula is C21H23FN2O4S. The highest BCUT2D eigenvalue weighted by Gasteiger charge is 2.41. The molecule has 154 valence electrons. The minimum absolute atomic E-state index is 0.0822. The first-order valence-electron chi connectivity index (χ1n) is 9.69. The van der Waals surface area contributed by atoms with Crippen molar-refractivity contribution < 1.29 is 23.8 Å². The van der Waals surface area contributed by atoms with Crippen molar-refractivity contribution in [3.63, 3.8) is 0 Å². The molecule has 1 fully saturated rings. The lowest BCUT2D eigenvalue weighted by Gasteiger charge is -2.36. The summed E-state index contributed by atoms with van der Waals surface area (Å²) in [7, 11) is 0. The number of rotatable bonds is 6. The fourth-order valence-electron chi connectivity index (χ4n) is 4.09. The SMILES string of the molecule is Cc1c([C@@H](O)CN2CCC(F)(C(=O)Cc3ccns3)CC2)ccc2c1COC2=O. The van der Waals surface area contributed by atoms with E-state index in [1.165, 1.54) is 11.5 Å². The third-order valence-electron chi connectivity index (χ3n) is 5.97. The Morgan fingerprint density at radius 1 is 1.38 bits per heavy atom. The molecule has 1 N–H and O–H groups in total. The van der Waals surface area contributed by atoms with E-state index in [9.17, 15) is 14.7 Å². The number of fused-ring (bicyclic) bond motifs is 1. The van der Waals surface area contributed by atoms with Gasteiger partial charge in [-0.1, -0.05) is 6.07 Å². The van der Waals surface area contributed by atoms with E-state index < -0.39 is 11.8 Å². The molecule has 0 bridgehead atoms. The zero-order valence-corrected chi connectivity index (χ0v) is 17.0. The molecule has 0 amide bonds. The number of benzene rings is 1. The van der Waals surface area contributed by atoms with Gasteiger partial charge in [-0.25, -0.2) is 13.6 Å². The fraction of sp³-hybridized carbons (Fsp3) is 0.476. The number of piperidine rings is 1. The quantitative estimate of drug-likeness (QED) is 0.727. The summed E-state index contributed by atoms with van der Waals surface area (Å²) in [6.45, 7) is 3.28. The predicted octanol–water partition coefficient (Wildman–Crippen LogP) is 2.77. The number of carbonyl (C=O) groups excluding carboxylic acids is 2. The number of β-amino-alcohol motifs (C(OH)–C–C–N with tert-alkyl or cyclic N) is 1. The number of nitrogens with zero attached hydrogens (tertiary/aromatic N) is 2. The molecule has 4 rings (SSSR count). The second kappa shape index (κ2) is 7.93. The Bertz CT molecular complexity index is 923. The minimum Gasteiger partial charge on any atom is -0.457 e. The standard InChI is InChI=1S/C21H23FN2O4S/c1-13-15(2-3-16-17(13)12-28-20(16)27)18(25)11-24-8-5-21(22,6-9-24)19(26)10-14-4-7-23-29-14/h2-4,7,18,25H,5-6,8-12H2,1H3/t18-/m0/s1. The molecule has 3 heterocycles. The Hall–Kier alpha value is -2.16. The van der Waals surface area contributed by atoms with Crippen LogP contribution in [0.3, 0.4) is 0 Å². The molecule has 0 saturated carbocycles. The lowest BCUT2D eigenvalue weighted by molar-refractivity contribution is -0.133. The molecule has 29 heavy (non-hydrogen) atoms. The Morgan fingerprint density at radius 3 is 2.83 bits per heavy atom. The van der Waals surface area contributed by atoms with Crippen molar-refractivity contribution >= 4 is 23.3 Å². The number of ether oxygens (including phenoxy) is 1. The van der Waals surface area contributed by atoms with E-state index in [1.54, 1.807) is 24.4 Å². The molecule has 0 aliphatic carbocycles. The van der Waals surface area contributed by atoms with Crippen LogP contribution in [-0.2, 0) is 22.6 Å². The maximum absolute atomic E-state index is 15.1. The van der Waals surface area contributed by atoms with Crippen molar-refractivity contribution in [3.05, 3.63) is 51.5 Å². The number of aliphatic hydroxyl groups excluding tert-OH is 1. The summed E-state index contributed by atoms with van der Waals surface area (Å²) in [4.78, 5) is 26.8. The number of carbonyl (C=O) groups is 2. The van der Waals surface area contributed by atoms with E-state index in [2.05, 4.69) is 4.37 Å². The largest absolute Gasteiger partial charge is 0.457 e. The van der Waals surface area contributed by atoms with Crippen molar-refractivity contribution in [1.82, 2.24) is 9.27 Å². The second-order valence-electron chi connectivity index (χ2n) is 7.74. The Balaban J connectivity index is 1.36. The summed E-state index contributed by atoms with van der Waals surface area (Å²) in [5.41, 5.74) is 1.17. The maximum Gasteiger partial charge on any atom is 0.338 e. The molecule has 0 spiro atoms. The highest BCUT2D eigenvalue weighted by atomic mass is 32.1. The van der Waals surface area contributed by atoms with Gasteiger partial charge in [-0.3, -0.25) is 4.79 Å². The topological polar surface area (TPSA) is 79.7 Å². The lowest BCUT2D eigenvalue weighted by atomic mass is 9.87. The van der Waals surface area contributed by atoms with Gasteiger partial charge < -0.3 is 14.7 Å². The van der Waals surface area contributed by atoms with Crippen LogP contribution in [0.5, 0.6) is 0 Å². The van der Waals surface area contributed by atoms with Gasteiger partial charge in [0, 0.05) is 55.5 Å². The van der Waals surface area contributed by atoms with Crippen LogP contribution < -0.4 is 0 Å². The third-order valence-corrected chi connectivity index (χ3v) is 6.71. The van der Waals surface area contributed by atoms with Crippen LogP contribution in [0.1, 0.15) is 50.9 Å². The zero-order chi connectivity index (χ0) is 20.6. The van der Waals surface area contributed by atoms with E-state index in [-0.39, 0.29) is 37.6 Å². The third kappa shape index (κ3) is 3.97. The number of likely N-dealkylation sites (tertiary alicyclic amines) is 1. The zero-order valence-electron chi connectivity index (χ0n) is 16.2. The average molecular weight is 418 g/mol. The number of Topliss-reactive ketones (excluding diaryl/α,β-unsaturated/α-hetero) is 1. The molecule has 1 aromatic heterocycles. The van der Waals surface area contributed by atoms with Crippen LogP contribution in [0.15, 0.2) is 24.4 Å². The highest BCUT2D eigenvalue weighted by Crippen LogP contribution is 2.32. The van der Waals surface area contributed by atoms with Gasteiger partial charge in [0.25, 0.3) is 0 Å². The number of esters is 1. The number of hydrogen-bond donors (Lipinski definition) is 1. The van der Waals surface area contributed by atoms with E-state index in [0.717, 1.165) is 21.6 Å². The number of hydrogen-bond acceptors (Lipinski definition) is 7. The summed E-state index contributed by atoms with van der Waals surface area (Å²) >= 11 is 1.22. The number of halogens is 1. The first-order valence-corrected chi connectivity index (χ1v) is 10.5. The molecule has 0 radical (unpaired) electrons. The van der Waals surface area contributed by atoms with Gasteiger partial charge >= 0.3 is 5.97 Å². The van der Waals surface area contributed by atoms with Crippen molar-refractivity contribution in [1.29, 1.82) is 0 Å². The van der Waals surface area contributed by atoms with Crippen LogP contribution in [0.25, 0.3) is 0 Å². The van der Waals surface area contributed by atoms with Crippen molar-refractivity contribution in [3.8, 4) is 0 Å². The average Bonchev–Trinajstić information content (AvgIpc) is 3.34. The van der Waals surface area contributed by atoms with Crippen LogP contribution >= 0.6 is 11.5 Å². The molecule has 8 heteroatoms. The molecule has 1 aromatic carbocycles. The molecule has 2 aromatic rings. The molecule has 1 saturated heterocycles. The summed E-state index contributed by atoms with van der Waals surface area (Å²) in [6, 6.07) is 5.19. The second-order valence-corrected chi connectivity index (χ2v) is 8.66. The number of cyclic esters (lactones) is 1. The van der Waals surface area contributed by atoms with Gasteiger partial charge in [-0.2, -0.15) is 0 Å². The first kappa shape index (κ1) is 20.1. The summed E-state index contributed by atoms with van der Waals surface area (Å²) in [6.07, 6.45) is 1.20. The Morgan fingerprint density at radius 2 is 2.14 bits per heavy atom. The normalized spacial score (nSPS) is 19.6. The Kier molecular flexibility index (Phi) is 5.50. The number of ketones is 1. The van der Waals surface area contributed by atoms with Gasteiger partial charge in [0.1, 0.15) is 6.61 Å². The van der Waals surface area contributed by atoms with Gasteiger partial charge in [0.15, 0.2) is 11.5 Å². The molecule has 1 atom stereocenters. The summed E-state index contributed by atoms with van der Waals surface area (Å²) in [5.74, 6) is -0.719. The molecule has 0 unspecified atom stereocenters. The van der Waals surface area contributed by atoms with Crippen LogP contribution in [0.4, 0.5) is 4.39 Å². The van der Waals surface area contributed by atoms with Crippen molar-refractivity contribution in [2.45, 2.75) is 44.6 Å². The number of aliphatic hydroxyl groups is 1.